The second kappa shape index (κ2) is 6.95. The number of aliphatic carboxylic acids is 1. The van der Waals surface area contributed by atoms with Gasteiger partial charge in [-0.3, -0.25) is 9.69 Å². The van der Waals surface area contributed by atoms with Gasteiger partial charge in [-0.1, -0.05) is 55.2 Å². The second-order valence-electron chi connectivity index (χ2n) is 6.50. The van der Waals surface area contributed by atoms with Crippen LogP contribution in [0.4, 0.5) is 0 Å². The summed E-state index contributed by atoms with van der Waals surface area (Å²) < 4.78 is 0. The Morgan fingerprint density at radius 2 is 2.00 bits per heavy atom. The SMILES string of the molecule is CCC(C(=O)O)N1Cc2cc(C#Cc3cccc4ccccc34)sc2C1. The van der Waals surface area contributed by atoms with E-state index in [2.05, 4.69) is 42.2 Å². The van der Waals surface area contributed by atoms with E-state index in [-0.39, 0.29) is 0 Å². The van der Waals surface area contributed by atoms with Gasteiger partial charge in [-0.15, -0.1) is 11.3 Å². The van der Waals surface area contributed by atoms with Gasteiger partial charge in [0.25, 0.3) is 0 Å². The molecular weight excluding hydrogens is 342 g/mol. The number of benzene rings is 2. The van der Waals surface area contributed by atoms with Crippen molar-refractivity contribution in [1.82, 2.24) is 4.90 Å². The third-order valence-corrected chi connectivity index (χ3v) is 5.92. The Bertz CT molecular complexity index is 1010. The number of hydrogen-bond acceptors (Lipinski definition) is 3. The molecule has 0 saturated carbocycles. The molecule has 2 aromatic carbocycles. The van der Waals surface area contributed by atoms with E-state index in [4.69, 9.17) is 0 Å². The summed E-state index contributed by atoms with van der Waals surface area (Å²) in [7, 11) is 0. The molecule has 0 aliphatic carbocycles. The van der Waals surface area contributed by atoms with Gasteiger partial charge in [-0.25, -0.2) is 0 Å². The lowest BCUT2D eigenvalue weighted by Gasteiger charge is -2.22. The Morgan fingerprint density at radius 3 is 2.77 bits per heavy atom. The Morgan fingerprint density at radius 1 is 1.19 bits per heavy atom. The standard InChI is InChI=1S/C22H19NO2S/c1-2-20(22(24)25)23-13-17-12-18(26-21(17)14-23)11-10-16-8-5-7-15-6-3-4-9-19(15)16/h3-9,12,20H,2,13-14H2,1H3,(H,24,25). The van der Waals surface area contributed by atoms with Crippen LogP contribution < -0.4 is 0 Å². The van der Waals surface area contributed by atoms with Gasteiger partial charge in [0.1, 0.15) is 6.04 Å². The van der Waals surface area contributed by atoms with Crippen LogP contribution in [0.1, 0.15) is 34.2 Å². The lowest BCUT2D eigenvalue weighted by molar-refractivity contribution is -0.143. The first-order valence-corrected chi connectivity index (χ1v) is 9.55. The van der Waals surface area contributed by atoms with Crippen molar-refractivity contribution in [3.05, 3.63) is 69.4 Å². The summed E-state index contributed by atoms with van der Waals surface area (Å²) in [6, 6.07) is 16.2. The van der Waals surface area contributed by atoms with E-state index < -0.39 is 12.0 Å². The van der Waals surface area contributed by atoms with Gasteiger partial charge in [0.15, 0.2) is 0 Å². The van der Waals surface area contributed by atoms with Crippen molar-refractivity contribution < 1.29 is 9.90 Å². The molecule has 4 heteroatoms. The van der Waals surface area contributed by atoms with Crippen molar-refractivity contribution in [2.75, 3.05) is 0 Å². The average molecular weight is 361 g/mol. The highest BCUT2D eigenvalue weighted by molar-refractivity contribution is 7.12. The number of fused-ring (bicyclic) bond motifs is 2. The topological polar surface area (TPSA) is 40.5 Å². The van der Waals surface area contributed by atoms with Crippen molar-refractivity contribution in [3.63, 3.8) is 0 Å². The molecule has 0 bridgehead atoms. The normalized spacial score (nSPS) is 14.7. The van der Waals surface area contributed by atoms with Crippen LogP contribution in [0, 0.1) is 11.8 Å². The van der Waals surface area contributed by atoms with Gasteiger partial charge in [0.05, 0.1) is 4.88 Å². The van der Waals surface area contributed by atoms with Crippen LogP contribution in [-0.2, 0) is 17.9 Å². The van der Waals surface area contributed by atoms with Crippen LogP contribution in [0.25, 0.3) is 10.8 Å². The highest BCUT2D eigenvalue weighted by Crippen LogP contribution is 2.32. The fraction of sp³-hybridized carbons (Fsp3) is 0.227. The van der Waals surface area contributed by atoms with Crippen LogP contribution in [0.5, 0.6) is 0 Å². The van der Waals surface area contributed by atoms with Gasteiger partial charge in [0.2, 0.25) is 0 Å². The highest BCUT2D eigenvalue weighted by atomic mass is 32.1. The quantitative estimate of drug-likeness (QED) is 0.699. The summed E-state index contributed by atoms with van der Waals surface area (Å²) in [5, 5.41) is 11.7. The second-order valence-corrected chi connectivity index (χ2v) is 7.64. The lowest BCUT2D eigenvalue weighted by atomic mass is 10.1. The number of thiophene rings is 1. The summed E-state index contributed by atoms with van der Waals surface area (Å²) >= 11 is 1.68. The molecule has 130 valence electrons. The van der Waals surface area contributed by atoms with Gasteiger partial charge in [-0.2, -0.15) is 0 Å². The smallest absolute Gasteiger partial charge is 0.320 e. The van der Waals surface area contributed by atoms with Gasteiger partial charge in [0, 0.05) is 23.5 Å². The highest BCUT2D eigenvalue weighted by Gasteiger charge is 2.30. The van der Waals surface area contributed by atoms with Crippen LogP contribution >= 0.6 is 11.3 Å². The molecule has 1 unspecified atom stereocenters. The molecule has 26 heavy (non-hydrogen) atoms. The molecule has 0 radical (unpaired) electrons. The molecule has 3 nitrogen and oxygen atoms in total. The first kappa shape index (κ1) is 16.8. The van der Waals surface area contributed by atoms with Crippen LogP contribution in [0.3, 0.4) is 0 Å². The van der Waals surface area contributed by atoms with Crippen molar-refractivity contribution in [1.29, 1.82) is 0 Å². The first-order valence-electron chi connectivity index (χ1n) is 8.74. The third kappa shape index (κ3) is 3.12. The molecule has 1 aliphatic heterocycles. The van der Waals surface area contributed by atoms with E-state index in [0.717, 1.165) is 10.4 Å². The molecule has 4 rings (SSSR count). The monoisotopic (exact) mass is 361 g/mol. The molecule has 0 amide bonds. The largest absolute Gasteiger partial charge is 0.480 e. The Kier molecular flexibility index (Phi) is 4.50. The molecule has 1 aromatic heterocycles. The van der Waals surface area contributed by atoms with Crippen molar-refractivity contribution in [2.45, 2.75) is 32.5 Å². The van der Waals surface area contributed by atoms with Gasteiger partial charge < -0.3 is 5.11 Å². The van der Waals surface area contributed by atoms with E-state index in [1.807, 2.05) is 30.0 Å². The molecule has 1 atom stereocenters. The molecule has 2 heterocycles. The Balaban J connectivity index is 1.57. The maximum Gasteiger partial charge on any atom is 0.320 e. The zero-order valence-electron chi connectivity index (χ0n) is 14.5. The summed E-state index contributed by atoms with van der Waals surface area (Å²) in [5.74, 6) is 5.87. The van der Waals surface area contributed by atoms with Crippen molar-refractivity contribution >= 4 is 28.1 Å². The Labute approximate surface area is 156 Å². The average Bonchev–Trinajstić information content (AvgIpc) is 3.19. The Hall–Kier alpha value is -2.61. The summed E-state index contributed by atoms with van der Waals surface area (Å²) in [6.45, 7) is 3.33. The first-order chi connectivity index (χ1) is 12.7. The minimum absolute atomic E-state index is 0.403. The number of hydrogen-bond donors (Lipinski definition) is 1. The van der Waals surface area contributed by atoms with E-state index in [1.165, 1.54) is 21.2 Å². The van der Waals surface area contributed by atoms with Gasteiger partial charge in [-0.05, 0) is 34.9 Å². The minimum Gasteiger partial charge on any atom is -0.480 e. The number of nitrogens with zero attached hydrogens (tertiary/aromatic N) is 1. The lowest BCUT2D eigenvalue weighted by Crippen LogP contribution is -2.37. The predicted octanol–water partition coefficient (Wildman–Crippen LogP) is 4.48. The van der Waals surface area contributed by atoms with E-state index in [9.17, 15) is 9.90 Å². The maximum atomic E-state index is 11.4. The molecule has 1 N–H and O–H groups in total. The molecule has 0 saturated heterocycles. The summed E-state index contributed by atoms with van der Waals surface area (Å²) in [5.41, 5.74) is 2.26. The van der Waals surface area contributed by atoms with Crippen LogP contribution in [0.2, 0.25) is 0 Å². The number of carboxylic acids is 1. The van der Waals surface area contributed by atoms with Crippen molar-refractivity contribution in [2.24, 2.45) is 0 Å². The maximum absolute atomic E-state index is 11.4. The fourth-order valence-electron chi connectivity index (χ4n) is 3.53. The van der Waals surface area contributed by atoms with E-state index in [1.54, 1.807) is 11.3 Å². The van der Waals surface area contributed by atoms with E-state index >= 15 is 0 Å². The predicted molar refractivity (Wildman–Crippen MR) is 105 cm³/mol. The summed E-state index contributed by atoms with van der Waals surface area (Å²) in [6.07, 6.45) is 0.623. The van der Waals surface area contributed by atoms with Crippen LogP contribution in [0.15, 0.2) is 48.5 Å². The zero-order valence-corrected chi connectivity index (χ0v) is 15.3. The van der Waals surface area contributed by atoms with Crippen molar-refractivity contribution in [3.8, 4) is 11.8 Å². The fourth-order valence-corrected chi connectivity index (χ4v) is 4.58. The zero-order chi connectivity index (χ0) is 18.1. The number of carboxylic acid groups (broad SMARTS) is 1. The van der Waals surface area contributed by atoms with Crippen LogP contribution in [-0.4, -0.2) is 22.0 Å². The minimum atomic E-state index is -0.737. The van der Waals surface area contributed by atoms with E-state index in [0.29, 0.717) is 19.5 Å². The molecule has 3 aromatic rings. The number of rotatable bonds is 3. The molecule has 1 aliphatic rings. The number of carbonyl (C=O) groups is 1. The van der Waals surface area contributed by atoms with Gasteiger partial charge >= 0.3 is 5.97 Å². The molecule has 0 fully saturated rings. The third-order valence-electron chi connectivity index (χ3n) is 4.84. The molecular formula is C22H19NO2S. The molecule has 0 spiro atoms. The summed E-state index contributed by atoms with van der Waals surface area (Å²) in [4.78, 5) is 15.7.